The van der Waals surface area contributed by atoms with Crippen LogP contribution in [0.15, 0.2) is 104 Å². The van der Waals surface area contributed by atoms with Crippen molar-refractivity contribution < 1.29 is 4.74 Å². The maximum absolute atomic E-state index is 6.52. The van der Waals surface area contributed by atoms with Crippen molar-refractivity contribution in [3.8, 4) is 16.9 Å². The first-order chi connectivity index (χ1) is 18.0. The van der Waals surface area contributed by atoms with E-state index in [0.29, 0.717) is 0 Å². The van der Waals surface area contributed by atoms with Gasteiger partial charge >= 0.3 is 0 Å². The van der Waals surface area contributed by atoms with Crippen LogP contribution in [0.5, 0.6) is 5.75 Å². The predicted molar refractivity (Wildman–Crippen MR) is 174 cm³/mol. The quantitative estimate of drug-likeness (QED) is 0.154. The van der Waals surface area contributed by atoms with Crippen molar-refractivity contribution >= 4 is 106 Å². The summed E-state index contributed by atoms with van der Waals surface area (Å²) >= 11 is 17.1. The van der Waals surface area contributed by atoms with E-state index in [1.54, 1.807) is 0 Å². The standard InChI is InChI=1S/C31H20Br4OS/c32-17-20(14-18-8-2-1-3-9-18)36-30-24(33)15-19(16-25(30)34)27-21-10-4-5-11-22(21)29(35)31-28(27)23-12-6-7-13-26(23)37-31/h1-13,15-16,20H,14,17H2/t20-/m1/s1. The first kappa shape index (κ1) is 25.6. The fourth-order valence-electron chi connectivity index (χ4n) is 4.89. The molecule has 0 aliphatic carbocycles. The number of benzene rings is 5. The van der Waals surface area contributed by atoms with Crippen molar-refractivity contribution in [1.82, 2.24) is 0 Å². The molecule has 0 aliphatic heterocycles. The van der Waals surface area contributed by atoms with Crippen LogP contribution in [0.2, 0.25) is 0 Å². The highest BCUT2D eigenvalue weighted by Crippen LogP contribution is 2.50. The van der Waals surface area contributed by atoms with Crippen molar-refractivity contribution in [3.05, 3.63) is 110 Å². The zero-order chi connectivity index (χ0) is 25.5. The fraction of sp³-hybridized carbons (Fsp3) is 0.0968. The van der Waals surface area contributed by atoms with Gasteiger partial charge in [-0.1, -0.05) is 88.7 Å². The third kappa shape index (κ3) is 4.80. The van der Waals surface area contributed by atoms with Gasteiger partial charge in [0.1, 0.15) is 11.9 Å². The number of ether oxygens (including phenoxy) is 1. The zero-order valence-electron chi connectivity index (χ0n) is 19.5. The highest BCUT2D eigenvalue weighted by atomic mass is 79.9. The van der Waals surface area contributed by atoms with Gasteiger partial charge in [-0.3, -0.25) is 0 Å². The monoisotopic (exact) mass is 756 g/mol. The van der Waals surface area contributed by atoms with E-state index in [-0.39, 0.29) is 6.10 Å². The van der Waals surface area contributed by atoms with Crippen LogP contribution in [-0.2, 0) is 6.42 Å². The SMILES string of the molecule is BrC[C@@H](Cc1ccccc1)Oc1c(Br)cc(-c2c3ccccc3c(Br)c3sc4ccccc4c23)cc1Br. The van der Waals surface area contributed by atoms with E-state index >= 15 is 0 Å². The molecule has 37 heavy (non-hydrogen) atoms. The Hall–Kier alpha value is -1.70. The van der Waals surface area contributed by atoms with E-state index in [4.69, 9.17) is 4.74 Å². The summed E-state index contributed by atoms with van der Waals surface area (Å²) in [6, 6.07) is 32.1. The Labute approximate surface area is 253 Å². The van der Waals surface area contributed by atoms with Gasteiger partial charge < -0.3 is 4.74 Å². The molecule has 0 amide bonds. The Morgan fingerprint density at radius 1 is 0.730 bits per heavy atom. The number of thiophene rings is 1. The van der Waals surface area contributed by atoms with E-state index in [2.05, 4.69) is 149 Å². The number of halogens is 4. The summed E-state index contributed by atoms with van der Waals surface area (Å²) < 4.78 is 12.1. The first-order valence-corrected chi connectivity index (χ1v) is 16.1. The van der Waals surface area contributed by atoms with Crippen molar-refractivity contribution in [1.29, 1.82) is 0 Å². The van der Waals surface area contributed by atoms with Crippen LogP contribution in [-0.4, -0.2) is 11.4 Å². The molecule has 5 aromatic carbocycles. The molecule has 0 fully saturated rings. The van der Waals surface area contributed by atoms with E-state index in [1.807, 2.05) is 17.4 Å². The molecule has 0 saturated carbocycles. The first-order valence-electron chi connectivity index (χ1n) is 11.8. The van der Waals surface area contributed by atoms with Crippen LogP contribution in [0, 0.1) is 0 Å². The number of fused-ring (bicyclic) bond motifs is 4. The molecule has 1 aromatic heterocycles. The van der Waals surface area contributed by atoms with E-state index < -0.39 is 0 Å². The van der Waals surface area contributed by atoms with E-state index in [0.717, 1.165) is 36.5 Å². The fourth-order valence-corrected chi connectivity index (χ4v) is 8.57. The summed E-state index contributed by atoms with van der Waals surface area (Å²) in [6.07, 6.45) is 0.827. The highest BCUT2D eigenvalue weighted by molar-refractivity contribution is 9.11. The van der Waals surface area contributed by atoms with Crippen molar-refractivity contribution in [2.45, 2.75) is 12.5 Å². The predicted octanol–water partition coefficient (Wildman–Crippen LogP) is 11.5. The molecule has 1 atom stereocenters. The van der Waals surface area contributed by atoms with Crippen molar-refractivity contribution in [3.63, 3.8) is 0 Å². The maximum Gasteiger partial charge on any atom is 0.148 e. The molecule has 0 aliphatic rings. The third-order valence-corrected chi connectivity index (χ3v) is 10.7. The molecule has 6 heteroatoms. The van der Waals surface area contributed by atoms with Crippen LogP contribution in [0.4, 0.5) is 0 Å². The van der Waals surface area contributed by atoms with Crippen LogP contribution in [0.3, 0.4) is 0 Å². The van der Waals surface area contributed by atoms with Gasteiger partial charge in [0.2, 0.25) is 0 Å². The number of hydrogen-bond donors (Lipinski definition) is 0. The minimum atomic E-state index is 0.00175. The molecule has 0 bridgehead atoms. The van der Waals surface area contributed by atoms with Gasteiger partial charge in [-0.05, 0) is 93.5 Å². The Morgan fingerprint density at radius 2 is 1.35 bits per heavy atom. The van der Waals surface area contributed by atoms with E-state index in [1.165, 1.54) is 42.1 Å². The number of rotatable bonds is 6. The van der Waals surface area contributed by atoms with Gasteiger partial charge in [-0.15, -0.1) is 11.3 Å². The van der Waals surface area contributed by atoms with E-state index in [9.17, 15) is 0 Å². The molecule has 0 spiro atoms. The molecule has 1 heterocycles. The topological polar surface area (TPSA) is 9.23 Å². The summed E-state index contributed by atoms with van der Waals surface area (Å²) in [5, 5.41) is 5.73. The molecule has 0 unspecified atom stereocenters. The second-order valence-electron chi connectivity index (χ2n) is 8.89. The maximum atomic E-state index is 6.52. The Balaban J connectivity index is 1.51. The van der Waals surface area contributed by atoms with Crippen LogP contribution in [0.1, 0.15) is 5.56 Å². The second-order valence-corrected chi connectivity index (χ2v) is 13.1. The van der Waals surface area contributed by atoms with Crippen LogP contribution >= 0.6 is 75.1 Å². The number of hydrogen-bond acceptors (Lipinski definition) is 2. The van der Waals surface area contributed by atoms with Crippen LogP contribution < -0.4 is 4.74 Å². The molecular weight excluding hydrogens is 740 g/mol. The smallest absolute Gasteiger partial charge is 0.148 e. The molecule has 1 nitrogen and oxygen atoms in total. The average molecular weight is 760 g/mol. The lowest BCUT2D eigenvalue weighted by molar-refractivity contribution is 0.225. The minimum Gasteiger partial charge on any atom is -0.487 e. The van der Waals surface area contributed by atoms with Gasteiger partial charge in [-0.25, -0.2) is 0 Å². The van der Waals surface area contributed by atoms with Gasteiger partial charge in [0.05, 0.1) is 13.6 Å². The Bertz CT molecular complexity index is 1740. The second kappa shape index (κ2) is 10.8. The van der Waals surface area contributed by atoms with Gasteiger partial charge in [0, 0.05) is 31.7 Å². The molecule has 0 radical (unpaired) electrons. The summed E-state index contributed by atoms with van der Waals surface area (Å²) in [5.41, 5.74) is 3.63. The Morgan fingerprint density at radius 3 is 2.05 bits per heavy atom. The van der Waals surface area contributed by atoms with Crippen molar-refractivity contribution in [2.24, 2.45) is 0 Å². The number of alkyl halides is 1. The average Bonchev–Trinajstić information content (AvgIpc) is 3.31. The van der Waals surface area contributed by atoms with Crippen molar-refractivity contribution in [2.75, 3.05) is 5.33 Å². The molecule has 0 N–H and O–H groups in total. The molecule has 6 rings (SSSR count). The Kier molecular flexibility index (Phi) is 7.48. The molecule has 184 valence electrons. The van der Waals surface area contributed by atoms with Crippen LogP contribution in [0.25, 0.3) is 42.1 Å². The lowest BCUT2D eigenvalue weighted by Gasteiger charge is -2.20. The highest BCUT2D eigenvalue weighted by Gasteiger charge is 2.21. The normalized spacial score (nSPS) is 12.4. The summed E-state index contributed by atoms with van der Waals surface area (Å²) in [5.74, 6) is 0.817. The zero-order valence-corrected chi connectivity index (χ0v) is 26.6. The summed E-state index contributed by atoms with van der Waals surface area (Å²) in [4.78, 5) is 0. The third-order valence-electron chi connectivity index (χ3n) is 6.53. The largest absolute Gasteiger partial charge is 0.487 e. The summed E-state index contributed by atoms with van der Waals surface area (Å²) in [7, 11) is 0. The minimum absolute atomic E-state index is 0.00175. The molecule has 6 aromatic rings. The molecular formula is C31H20Br4OS. The summed E-state index contributed by atoms with van der Waals surface area (Å²) in [6.45, 7) is 0. The lowest BCUT2D eigenvalue weighted by atomic mass is 9.93. The lowest BCUT2D eigenvalue weighted by Crippen LogP contribution is -2.21. The molecule has 0 saturated heterocycles. The van der Waals surface area contributed by atoms with Gasteiger partial charge in [0.15, 0.2) is 0 Å². The van der Waals surface area contributed by atoms with Gasteiger partial charge in [0.25, 0.3) is 0 Å². The van der Waals surface area contributed by atoms with Gasteiger partial charge in [-0.2, -0.15) is 0 Å².